The number of hydrogen-bond acceptors (Lipinski definition) is 2. The molecular weight excluding hydrogens is 136 g/mol. The summed E-state index contributed by atoms with van der Waals surface area (Å²) in [6.07, 6.45) is 2.77. The van der Waals surface area contributed by atoms with Gasteiger partial charge >= 0.3 is 0 Å². The number of hydrogen-bond donors (Lipinski definition) is 2. The van der Waals surface area contributed by atoms with Crippen LogP contribution in [-0.4, -0.2) is 24.7 Å². The Balaban J connectivity index is 1.95. The van der Waals surface area contributed by atoms with Crippen molar-refractivity contribution < 1.29 is 0 Å². The van der Waals surface area contributed by atoms with Crippen LogP contribution in [-0.2, 0) is 0 Å². The van der Waals surface area contributed by atoms with Gasteiger partial charge in [0.1, 0.15) is 0 Å². The quantitative estimate of drug-likeness (QED) is 0.623. The lowest BCUT2D eigenvalue weighted by Gasteiger charge is -2.16. The monoisotopic (exact) mass is 156 g/mol. The molecule has 0 aliphatic heterocycles. The zero-order valence-corrected chi connectivity index (χ0v) is 7.85. The molecule has 1 rings (SSSR count). The fourth-order valence-electron chi connectivity index (χ4n) is 1.26. The summed E-state index contributed by atoms with van der Waals surface area (Å²) in [5.41, 5.74) is 0. The van der Waals surface area contributed by atoms with Gasteiger partial charge in [0.2, 0.25) is 0 Å². The summed E-state index contributed by atoms with van der Waals surface area (Å²) in [6.45, 7) is 7.72. The Bertz CT molecular complexity index is 108. The van der Waals surface area contributed by atoms with E-state index in [0.29, 0.717) is 12.1 Å². The molecule has 0 radical (unpaired) electrons. The van der Waals surface area contributed by atoms with Crippen LogP contribution < -0.4 is 10.6 Å². The van der Waals surface area contributed by atoms with Crippen LogP contribution >= 0.6 is 0 Å². The van der Waals surface area contributed by atoms with Crippen molar-refractivity contribution in [3.05, 3.63) is 0 Å². The van der Waals surface area contributed by atoms with Gasteiger partial charge in [-0.15, -0.1) is 0 Å². The van der Waals surface area contributed by atoms with Crippen molar-refractivity contribution in [3.8, 4) is 0 Å². The molecule has 1 saturated carbocycles. The molecule has 2 nitrogen and oxygen atoms in total. The van der Waals surface area contributed by atoms with Gasteiger partial charge in [0.25, 0.3) is 0 Å². The topological polar surface area (TPSA) is 24.1 Å². The zero-order chi connectivity index (χ0) is 8.27. The summed E-state index contributed by atoms with van der Waals surface area (Å²) in [5, 5.41) is 6.96. The SMILES string of the molecule is CC(C)NC(C)CNC1CC1. The summed E-state index contributed by atoms with van der Waals surface area (Å²) in [5.74, 6) is 0. The Morgan fingerprint density at radius 2 is 1.91 bits per heavy atom. The molecule has 0 aromatic carbocycles. The zero-order valence-electron chi connectivity index (χ0n) is 7.85. The second kappa shape index (κ2) is 4.07. The van der Waals surface area contributed by atoms with E-state index in [4.69, 9.17) is 0 Å². The molecule has 0 saturated heterocycles. The minimum Gasteiger partial charge on any atom is -0.312 e. The molecule has 2 heteroatoms. The van der Waals surface area contributed by atoms with Crippen molar-refractivity contribution in [2.24, 2.45) is 0 Å². The molecule has 1 aliphatic rings. The molecule has 0 aromatic heterocycles. The van der Waals surface area contributed by atoms with Crippen LogP contribution in [0, 0.1) is 0 Å². The predicted molar refractivity (Wildman–Crippen MR) is 48.8 cm³/mol. The number of nitrogens with one attached hydrogen (secondary N) is 2. The van der Waals surface area contributed by atoms with Crippen molar-refractivity contribution in [3.63, 3.8) is 0 Å². The maximum atomic E-state index is 3.50. The van der Waals surface area contributed by atoms with Crippen LogP contribution in [0.4, 0.5) is 0 Å². The van der Waals surface area contributed by atoms with Crippen LogP contribution in [0.2, 0.25) is 0 Å². The van der Waals surface area contributed by atoms with E-state index in [-0.39, 0.29) is 0 Å². The van der Waals surface area contributed by atoms with E-state index >= 15 is 0 Å². The van der Waals surface area contributed by atoms with E-state index in [0.717, 1.165) is 12.6 Å². The molecule has 0 amide bonds. The third kappa shape index (κ3) is 4.38. The standard InChI is InChI=1S/C9H20N2/c1-7(2)11-8(3)6-10-9-4-5-9/h7-11H,4-6H2,1-3H3. The molecule has 0 heterocycles. The van der Waals surface area contributed by atoms with Gasteiger partial charge in [-0.05, 0) is 19.8 Å². The van der Waals surface area contributed by atoms with Crippen LogP contribution in [0.25, 0.3) is 0 Å². The maximum Gasteiger partial charge on any atom is 0.0166 e. The highest BCUT2D eigenvalue weighted by atomic mass is 15.0. The molecule has 66 valence electrons. The van der Waals surface area contributed by atoms with E-state index in [1.54, 1.807) is 0 Å². The van der Waals surface area contributed by atoms with E-state index in [2.05, 4.69) is 31.4 Å². The Hall–Kier alpha value is -0.0800. The summed E-state index contributed by atoms with van der Waals surface area (Å²) in [7, 11) is 0. The molecule has 1 fully saturated rings. The van der Waals surface area contributed by atoms with Crippen molar-refractivity contribution >= 4 is 0 Å². The van der Waals surface area contributed by atoms with Gasteiger partial charge in [0, 0.05) is 24.7 Å². The first-order chi connectivity index (χ1) is 5.18. The van der Waals surface area contributed by atoms with Gasteiger partial charge in [-0.25, -0.2) is 0 Å². The third-order valence-electron chi connectivity index (χ3n) is 1.91. The van der Waals surface area contributed by atoms with E-state index in [9.17, 15) is 0 Å². The molecule has 11 heavy (non-hydrogen) atoms. The van der Waals surface area contributed by atoms with Crippen molar-refractivity contribution in [2.45, 2.75) is 51.7 Å². The van der Waals surface area contributed by atoms with Gasteiger partial charge < -0.3 is 10.6 Å². The normalized spacial score (nSPS) is 20.7. The molecule has 0 bridgehead atoms. The molecule has 1 aliphatic carbocycles. The lowest BCUT2D eigenvalue weighted by Crippen LogP contribution is -2.40. The van der Waals surface area contributed by atoms with Gasteiger partial charge in [-0.3, -0.25) is 0 Å². The van der Waals surface area contributed by atoms with Crippen LogP contribution in [0.15, 0.2) is 0 Å². The fourth-order valence-corrected chi connectivity index (χ4v) is 1.26. The lowest BCUT2D eigenvalue weighted by atomic mass is 10.3. The van der Waals surface area contributed by atoms with Gasteiger partial charge in [-0.1, -0.05) is 13.8 Å². The first-order valence-electron chi connectivity index (χ1n) is 4.68. The Labute approximate surface area is 69.8 Å². The van der Waals surface area contributed by atoms with E-state index < -0.39 is 0 Å². The van der Waals surface area contributed by atoms with E-state index in [1.165, 1.54) is 12.8 Å². The van der Waals surface area contributed by atoms with Crippen molar-refractivity contribution in [1.82, 2.24) is 10.6 Å². The smallest absolute Gasteiger partial charge is 0.0166 e. The lowest BCUT2D eigenvalue weighted by molar-refractivity contribution is 0.459. The molecular formula is C9H20N2. The minimum absolute atomic E-state index is 0.603. The first-order valence-corrected chi connectivity index (χ1v) is 4.68. The minimum atomic E-state index is 0.603. The third-order valence-corrected chi connectivity index (χ3v) is 1.91. The Kier molecular flexibility index (Phi) is 3.34. The average Bonchev–Trinajstić information content (AvgIpc) is 2.63. The maximum absolute atomic E-state index is 3.50. The van der Waals surface area contributed by atoms with Crippen molar-refractivity contribution in [1.29, 1.82) is 0 Å². The summed E-state index contributed by atoms with van der Waals surface area (Å²) >= 11 is 0. The molecule has 2 N–H and O–H groups in total. The fraction of sp³-hybridized carbons (Fsp3) is 1.00. The van der Waals surface area contributed by atoms with Gasteiger partial charge in [-0.2, -0.15) is 0 Å². The molecule has 0 aromatic rings. The summed E-state index contributed by atoms with van der Waals surface area (Å²) < 4.78 is 0. The first kappa shape index (κ1) is 9.01. The Morgan fingerprint density at radius 1 is 1.27 bits per heavy atom. The van der Waals surface area contributed by atoms with Crippen LogP contribution in [0.1, 0.15) is 33.6 Å². The second-order valence-corrected chi connectivity index (χ2v) is 3.90. The molecule has 1 atom stereocenters. The van der Waals surface area contributed by atoms with Gasteiger partial charge in [0.05, 0.1) is 0 Å². The van der Waals surface area contributed by atoms with Crippen molar-refractivity contribution in [2.75, 3.05) is 6.54 Å². The molecule has 1 unspecified atom stereocenters. The predicted octanol–water partition coefficient (Wildman–Crippen LogP) is 1.12. The van der Waals surface area contributed by atoms with Crippen LogP contribution in [0.5, 0.6) is 0 Å². The summed E-state index contributed by atoms with van der Waals surface area (Å²) in [4.78, 5) is 0. The highest BCUT2D eigenvalue weighted by molar-refractivity contribution is 4.82. The molecule has 0 spiro atoms. The highest BCUT2D eigenvalue weighted by Gasteiger charge is 2.20. The Morgan fingerprint density at radius 3 is 2.36 bits per heavy atom. The highest BCUT2D eigenvalue weighted by Crippen LogP contribution is 2.18. The van der Waals surface area contributed by atoms with Gasteiger partial charge in [0.15, 0.2) is 0 Å². The summed E-state index contributed by atoms with van der Waals surface area (Å²) in [6, 6.07) is 2.05. The average molecular weight is 156 g/mol. The number of rotatable bonds is 5. The van der Waals surface area contributed by atoms with Crippen LogP contribution in [0.3, 0.4) is 0 Å². The second-order valence-electron chi connectivity index (χ2n) is 3.90. The largest absolute Gasteiger partial charge is 0.312 e. The van der Waals surface area contributed by atoms with E-state index in [1.807, 2.05) is 0 Å².